The monoisotopic (exact) mass is 564 g/mol. The molecule has 0 saturated carbocycles. The SMILES string of the molecule is C=CC1=CC[C@H]2C(=O)N(Nc3ccc(Cl)cc3Cl)C(=O)[C@@]2(c2ccc(OC)cc2)[C@H]1c1ccc(O)cc1OC. The molecule has 0 aromatic heterocycles. The number of carbonyl (C=O) groups excluding carboxylic acids is 2. The summed E-state index contributed by atoms with van der Waals surface area (Å²) in [5.74, 6) is -1.27. The number of anilines is 1. The van der Waals surface area contributed by atoms with E-state index in [1.807, 2.05) is 18.2 Å². The predicted molar refractivity (Wildman–Crippen MR) is 150 cm³/mol. The van der Waals surface area contributed by atoms with Gasteiger partial charge in [-0.25, -0.2) is 0 Å². The van der Waals surface area contributed by atoms with Gasteiger partial charge in [0.15, 0.2) is 0 Å². The number of fused-ring (bicyclic) bond motifs is 1. The fourth-order valence-corrected chi connectivity index (χ4v) is 6.21. The summed E-state index contributed by atoms with van der Waals surface area (Å²) in [5.41, 5.74) is 3.96. The second kappa shape index (κ2) is 10.3. The fraction of sp³-hybridized carbons (Fsp3) is 0.200. The number of amides is 2. The molecule has 39 heavy (non-hydrogen) atoms. The minimum atomic E-state index is -1.38. The summed E-state index contributed by atoms with van der Waals surface area (Å²) >= 11 is 12.5. The van der Waals surface area contributed by atoms with Crippen molar-refractivity contribution in [3.63, 3.8) is 0 Å². The largest absolute Gasteiger partial charge is 0.508 e. The number of imide groups is 1. The number of methoxy groups -OCH3 is 2. The van der Waals surface area contributed by atoms with Crippen molar-refractivity contribution in [3.8, 4) is 17.2 Å². The molecule has 0 radical (unpaired) electrons. The molecule has 0 bridgehead atoms. The molecule has 3 aromatic carbocycles. The van der Waals surface area contributed by atoms with Crippen LogP contribution in [0.4, 0.5) is 5.69 Å². The second-order valence-electron chi connectivity index (χ2n) is 9.37. The van der Waals surface area contributed by atoms with Gasteiger partial charge in [-0.2, -0.15) is 5.01 Å². The summed E-state index contributed by atoms with van der Waals surface area (Å²) in [5, 5.41) is 11.9. The van der Waals surface area contributed by atoms with E-state index in [0.29, 0.717) is 39.8 Å². The van der Waals surface area contributed by atoms with Gasteiger partial charge < -0.3 is 14.6 Å². The van der Waals surface area contributed by atoms with Gasteiger partial charge >= 0.3 is 0 Å². The number of phenolic OH excluding ortho intramolecular Hbond substituents is 1. The van der Waals surface area contributed by atoms with Crippen LogP contribution in [0.3, 0.4) is 0 Å². The maximum absolute atomic E-state index is 14.7. The number of allylic oxidation sites excluding steroid dienone is 3. The average Bonchev–Trinajstić information content (AvgIpc) is 3.16. The summed E-state index contributed by atoms with van der Waals surface area (Å²) in [6, 6.07) is 16.7. The Labute approximate surface area is 236 Å². The van der Waals surface area contributed by atoms with Gasteiger partial charge in [0, 0.05) is 22.6 Å². The number of hydrogen-bond donors (Lipinski definition) is 2. The first-order chi connectivity index (χ1) is 18.8. The molecule has 2 N–H and O–H groups in total. The van der Waals surface area contributed by atoms with Crippen molar-refractivity contribution in [1.29, 1.82) is 0 Å². The lowest BCUT2D eigenvalue weighted by atomic mass is 9.56. The van der Waals surface area contributed by atoms with E-state index >= 15 is 0 Å². The van der Waals surface area contributed by atoms with Gasteiger partial charge in [0.25, 0.3) is 11.8 Å². The first-order valence-electron chi connectivity index (χ1n) is 12.2. The van der Waals surface area contributed by atoms with E-state index in [4.69, 9.17) is 32.7 Å². The minimum absolute atomic E-state index is 0.0140. The maximum Gasteiger partial charge on any atom is 0.260 e. The minimum Gasteiger partial charge on any atom is -0.508 e. The Hall–Kier alpha value is -3.94. The molecule has 0 unspecified atom stereocenters. The van der Waals surface area contributed by atoms with Crippen LogP contribution in [0.1, 0.15) is 23.5 Å². The molecule has 1 saturated heterocycles. The molecule has 9 heteroatoms. The summed E-state index contributed by atoms with van der Waals surface area (Å²) in [6.07, 6.45) is 3.93. The Bertz CT molecular complexity index is 1500. The van der Waals surface area contributed by atoms with Crippen molar-refractivity contribution < 1.29 is 24.2 Å². The van der Waals surface area contributed by atoms with Gasteiger partial charge in [-0.15, -0.1) is 0 Å². The Balaban J connectivity index is 1.76. The maximum atomic E-state index is 14.7. The van der Waals surface area contributed by atoms with Crippen LogP contribution in [0.25, 0.3) is 0 Å². The van der Waals surface area contributed by atoms with Gasteiger partial charge in [-0.1, -0.05) is 60.1 Å². The molecule has 5 rings (SSSR count). The van der Waals surface area contributed by atoms with Crippen molar-refractivity contribution >= 4 is 40.7 Å². The third-order valence-corrected chi connectivity index (χ3v) is 8.05. The molecule has 2 amide bonds. The van der Waals surface area contributed by atoms with Gasteiger partial charge in [0.05, 0.1) is 36.3 Å². The molecule has 3 aromatic rings. The standard InChI is InChI=1S/C30H26Cl2N2O5/c1-4-17-5-13-23-28(36)34(33-25-14-8-19(31)15-24(25)32)29(37)30(23,18-6-10-21(38-2)11-7-18)27(17)22-12-9-20(35)16-26(22)39-3/h4-12,14-16,23,27,33,35H,1,13H2,2-3H3/t23-,27+,30+/m0/s1. The first kappa shape index (κ1) is 26.7. The van der Waals surface area contributed by atoms with Crippen molar-refractivity contribution in [2.75, 3.05) is 19.6 Å². The molecule has 2 aliphatic rings. The van der Waals surface area contributed by atoms with Gasteiger partial charge in [0.2, 0.25) is 0 Å². The van der Waals surface area contributed by atoms with Crippen molar-refractivity contribution in [1.82, 2.24) is 5.01 Å². The molecule has 200 valence electrons. The molecular formula is C30H26Cl2N2O5. The number of hydrazine groups is 1. The third kappa shape index (κ3) is 4.22. The van der Waals surface area contributed by atoms with Crippen LogP contribution in [-0.2, 0) is 15.0 Å². The second-order valence-corrected chi connectivity index (χ2v) is 10.2. The Morgan fingerprint density at radius 3 is 2.44 bits per heavy atom. The van der Waals surface area contributed by atoms with E-state index in [1.54, 1.807) is 43.5 Å². The van der Waals surface area contributed by atoms with Crippen LogP contribution in [0, 0.1) is 5.92 Å². The quantitative estimate of drug-likeness (QED) is 0.329. The summed E-state index contributed by atoms with van der Waals surface area (Å²) in [6.45, 7) is 4.02. The zero-order valence-electron chi connectivity index (χ0n) is 21.3. The molecule has 1 aliphatic carbocycles. The number of benzene rings is 3. The first-order valence-corrected chi connectivity index (χ1v) is 13.0. The normalized spacial score (nSPS) is 22.3. The lowest BCUT2D eigenvalue weighted by Gasteiger charge is -2.43. The van der Waals surface area contributed by atoms with Crippen LogP contribution in [0.15, 0.2) is 85.0 Å². The third-order valence-electron chi connectivity index (χ3n) is 7.50. The van der Waals surface area contributed by atoms with Crippen LogP contribution in [0.5, 0.6) is 17.2 Å². The number of rotatable bonds is 7. The number of nitrogens with zero attached hydrogens (tertiary/aromatic N) is 1. The number of ether oxygens (including phenoxy) is 2. The fourth-order valence-electron chi connectivity index (χ4n) is 5.76. The Morgan fingerprint density at radius 1 is 1.05 bits per heavy atom. The lowest BCUT2D eigenvalue weighted by Crippen LogP contribution is -2.48. The van der Waals surface area contributed by atoms with Crippen molar-refractivity contribution in [3.05, 3.63) is 106 Å². The van der Waals surface area contributed by atoms with Crippen LogP contribution in [-0.4, -0.2) is 36.1 Å². The molecule has 1 aliphatic heterocycles. The summed E-state index contributed by atoms with van der Waals surface area (Å²) in [4.78, 5) is 28.7. The van der Waals surface area contributed by atoms with E-state index in [0.717, 1.165) is 10.6 Å². The topological polar surface area (TPSA) is 88.1 Å². The van der Waals surface area contributed by atoms with Gasteiger partial charge in [-0.3, -0.25) is 15.0 Å². The van der Waals surface area contributed by atoms with Crippen LogP contribution >= 0.6 is 23.2 Å². The van der Waals surface area contributed by atoms with Crippen molar-refractivity contribution in [2.24, 2.45) is 5.92 Å². The Morgan fingerprint density at radius 2 is 1.79 bits per heavy atom. The number of aromatic hydroxyl groups is 1. The Kier molecular flexibility index (Phi) is 7.05. The van der Waals surface area contributed by atoms with E-state index in [-0.39, 0.29) is 10.8 Å². The molecule has 0 spiro atoms. The number of phenols is 1. The summed E-state index contributed by atoms with van der Waals surface area (Å²) in [7, 11) is 3.05. The predicted octanol–water partition coefficient (Wildman–Crippen LogP) is 6.27. The van der Waals surface area contributed by atoms with Gasteiger partial charge in [0.1, 0.15) is 17.2 Å². The highest BCUT2D eigenvalue weighted by Crippen LogP contribution is 2.59. The molecule has 7 nitrogen and oxygen atoms in total. The van der Waals surface area contributed by atoms with Crippen LogP contribution < -0.4 is 14.9 Å². The summed E-state index contributed by atoms with van der Waals surface area (Å²) < 4.78 is 11.0. The highest BCUT2D eigenvalue weighted by atomic mass is 35.5. The lowest BCUT2D eigenvalue weighted by molar-refractivity contribution is -0.138. The molecular weight excluding hydrogens is 539 g/mol. The number of carbonyl (C=O) groups is 2. The van der Waals surface area contributed by atoms with Gasteiger partial charge in [-0.05, 0) is 54.0 Å². The number of nitrogens with one attached hydrogen (secondary N) is 1. The number of halogens is 2. The zero-order valence-corrected chi connectivity index (χ0v) is 22.8. The van der Waals surface area contributed by atoms with E-state index in [9.17, 15) is 14.7 Å². The molecule has 1 fully saturated rings. The van der Waals surface area contributed by atoms with E-state index in [1.165, 1.54) is 25.3 Å². The smallest absolute Gasteiger partial charge is 0.260 e. The molecule has 3 atom stereocenters. The number of hydrogen-bond acceptors (Lipinski definition) is 6. The molecule has 1 heterocycles. The van der Waals surface area contributed by atoms with Crippen LogP contribution in [0.2, 0.25) is 10.0 Å². The highest BCUT2D eigenvalue weighted by molar-refractivity contribution is 6.36. The van der Waals surface area contributed by atoms with Crippen molar-refractivity contribution in [2.45, 2.75) is 17.8 Å². The zero-order chi connectivity index (χ0) is 27.9. The van der Waals surface area contributed by atoms with E-state index < -0.39 is 29.1 Å². The highest BCUT2D eigenvalue weighted by Gasteiger charge is 2.66. The average molecular weight is 565 g/mol. The van der Waals surface area contributed by atoms with E-state index in [2.05, 4.69) is 12.0 Å².